The zero-order valence-electron chi connectivity index (χ0n) is 30.8. The van der Waals surface area contributed by atoms with Gasteiger partial charge in [0.25, 0.3) is 0 Å². The molecule has 0 radical (unpaired) electrons. The van der Waals surface area contributed by atoms with Crippen LogP contribution in [0.2, 0.25) is 0 Å². The fourth-order valence-electron chi connectivity index (χ4n) is 11.4. The Bertz CT molecular complexity index is 2350. The van der Waals surface area contributed by atoms with Gasteiger partial charge >= 0.3 is 0 Å². The van der Waals surface area contributed by atoms with Crippen molar-refractivity contribution in [3.05, 3.63) is 197 Å². The predicted octanol–water partition coefficient (Wildman–Crippen LogP) is 12.8. The number of rotatable bonds is 5. The summed E-state index contributed by atoms with van der Waals surface area (Å²) in [6.07, 6.45) is 16.9. The van der Waals surface area contributed by atoms with Crippen LogP contribution >= 0.6 is 0 Å². The maximum Gasteiger partial charge on any atom is 0.0526 e. The van der Waals surface area contributed by atoms with Crippen LogP contribution in [0.5, 0.6) is 0 Å². The molecule has 5 aromatic carbocycles. The summed E-state index contributed by atoms with van der Waals surface area (Å²) in [4.78, 5) is 2.70. The molecule has 0 saturated heterocycles. The number of allylic oxidation sites excluding steroid dienone is 7. The van der Waals surface area contributed by atoms with Gasteiger partial charge < -0.3 is 4.90 Å². The summed E-state index contributed by atoms with van der Waals surface area (Å²) in [6, 6.07) is 46.5. The lowest BCUT2D eigenvalue weighted by atomic mass is 9.60. The number of para-hydroxylation sites is 1. The normalized spacial score (nSPS) is 27.2. The molecular formula is C51H47N. The molecule has 5 aromatic rings. The number of nitrogens with zero attached hydrogens (tertiary/aromatic N) is 1. The van der Waals surface area contributed by atoms with Crippen molar-refractivity contribution in [3.63, 3.8) is 0 Å². The molecule has 0 heterocycles. The van der Waals surface area contributed by atoms with Crippen LogP contribution in [-0.2, 0) is 10.8 Å². The third-order valence-electron chi connectivity index (χ3n) is 13.8. The van der Waals surface area contributed by atoms with Crippen LogP contribution < -0.4 is 4.90 Å². The topological polar surface area (TPSA) is 3.24 Å². The molecule has 0 N–H and O–H groups in total. The molecule has 0 bridgehead atoms. The van der Waals surface area contributed by atoms with Crippen molar-refractivity contribution in [2.45, 2.75) is 69.2 Å². The summed E-state index contributed by atoms with van der Waals surface area (Å²) in [5.74, 6) is 1.90. The van der Waals surface area contributed by atoms with Gasteiger partial charge in [-0.25, -0.2) is 0 Å². The Balaban J connectivity index is 1.17. The number of fused-ring (bicyclic) bond motifs is 11. The Kier molecular flexibility index (Phi) is 7.10. The smallest absolute Gasteiger partial charge is 0.0526 e. The summed E-state index contributed by atoms with van der Waals surface area (Å²) >= 11 is 0. The summed E-state index contributed by atoms with van der Waals surface area (Å²) in [5.41, 5.74) is 16.9. The molecular weight excluding hydrogens is 627 g/mol. The van der Waals surface area contributed by atoms with Crippen molar-refractivity contribution in [2.75, 3.05) is 4.90 Å². The molecule has 256 valence electrons. The highest BCUT2D eigenvalue weighted by molar-refractivity contribution is 5.89. The highest BCUT2D eigenvalue weighted by atomic mass is 15.2. The average molecular weight is 674 g/mol. The minimum absolute atomic E-state index is 0.0119. The van der Waals surface area contributed by atoms with E-state index in [9.17, 15) is 0 Å². The van der Waals surface area contributed by atoms with Crippen molar-refractivity contribution in [1.29, 1.82) is 0 Å². The number of anilines is 2. The zero-order valence-corrected chi connectivity index (χ0v) is 30.8. The summed E-state index contributed by atoms with van der Waals surface area (Å²) in [7, 11) is 0. The SMILES string of the molecule is C/C=C\C1=C(C)C(C)(C)c2cc(N(c3ccccc3-c3ccccc3)C3C=CC4c5ccccc5C5(c6ccccc6C6C=CCC65)C4C3)ccc21. The molecule has 0 saturated carbocycles. The highest BCUT2D eigenvalue weighted by Gasteiger charge is 2.63. The third-order valence-corrected chi connectivity index (χ3v) is 13.8. The second-order valence-corrected chi connectivity index (χ2v) is 16.3. The first-order chi connectivity index (χ1) is 25.4. The maximum atomic E-state index is 2.70. The van der Waals surface area contributed by atoms with Crippen molar-refractivity contribution in [2.24, 2.45) is 11.8 Å². The van der Waals surface area contributed by atoms with Crippen molar-refractivity contribution >= 4 is 16.9 Å². The first kappa shape index (κ1) is 31.6. The highest BCUT2D eigenvalue weighted by Crippen LogP contribution is 2.69. The van der Waals surface area contributed by atoms with Gasteiger partial charge in [0, 0.05) is 39.6 Å². The van der Waals surface area contributed by atoms with Gasteiger partial charge in [0.05, 0.1) is 6.04 Å². The molecule has 5 aliphatic rings. The lowest BCUT2D eigenvalue weighted by molar-refractivity contribution is 0.215. The van der Waals surface area contributed by atoms with Crippen LogP contribution in [-0.4, -0.2) is 6.04 Å². The second kappa shape index (κ2) is 11.7. The van der Waals surface area contributed by atoms with E-state index in [4.69, 9.17) is 0 Å². The molecule has 1 nitrogen and oxygen atoms in total. The molecule has 1 spiro atoms. The molecule has 1 heteroatoms. The van der Waals surface area contributed by atoms with E-state index in [0.29, 0.717) is 23.7 Å². The van der Waals surface area contributed by atoms with Crippen LogP contribution in [0.25, 0.3) is 16.7 Å². The lowest BCUT2D eigenvalue weighted by Gasteiger charge is -2.46. The lowest BCUT2D eigenvalue weighted by Crippen LogP contribution is -2.44. The first-order valence-electron chi connectivity index (χ1n) is 19.4. The molecule has 0 amide bonds. The number of hydrogen-bond donors (Lipinski definition) is 0. The first-order valence-corrected chi connectivity index (χ1v) is 19.4. The van der Waals surface area contributed by atoms with Gasteiger partial charge in [0.15, 0.2) is 0 Å². The van der Waals surface area contributed by atoms with Crippen LogP contribution in [0.4, 0.5) is 11.4 Å². The van der Waals surface area contributed by atoms with E-state index in [1.54, 1.807) is 16.7 Å². The monoisotopic (exact) mass is 673 g/mol. The third kappa shape index (κ3) is 4.23. The Labute approximate surface area is 309 Å². The quantitative estimate of drug-likeness (QED) is 0.168. The predicted molar refractivity (Wildman–Crippen MR) is 218 cm³/mol. The van der Waals surface area contributed by atoms with Crippen molar-refractivity contribution in [3.8, 4) is 11.1 Å². The largest absolute Gasteiger partial charge is 0.334 e. The van der Waals surface area contributed by atoms with Gasteiger partial charge in [-0.3, -0.25) is 0 Å². The molecule has 0 fully saturated rings. The molecule has 52 heavy (non-hydrogen) atoms. The Hall–Kier alpha value is -5.14. The van der Waals surface area contributed by atoms with Gasteiger partial charge in [-0.2, -0.15) is 0 Å². The van der Waals surface area contributed by atoms with E-state index in [0.717, 1.165) is 12.8 Å². The van der Waals surface area contributed by atoms with Gasteiger partial charge in [-0.1, -0.05) is 159 Å². The van der Waals surface area contributed by atoms with E-state index >= 15 is 0 Å². The molecule has 6 unspecified atom stereocenters. The van der Waals surface area contributed by atoms with E-state index in [1.807, 2.05) is 0 Å². The van der Waals surface area contributed by atoms with E-state index < -0.39 is 0 Å². The Morgan fingerprint density at radius 3 is 2.08 bits per heavy atom. The Morgan fingerprint density at radius 2 is 1.33 bits per heavy atom. The van der Waals surface area contributed by atoms with Crippen LogP contribution in [0.1, 0.15) is 85.8 Å². The van der Waals surface area contributed by atoms with Crippen LogP contribution in [0, 0.1) is 11.8 Å². The maximum absolute atomic E-state index is 2.70. The van der Waals surface area contributed by atoms with Gasteiger partial charge in [0.2, 0.25) is 0 Å². The van der Waals surface area contributed by atoms with E-state index in [2.05, 4.69) is 190 Å². The minimum atomic E-state index is -0.0481. The van der Waals surface area contributed by atoms with E-state index in [-0.39, 0.29) is 16.9 Å². The van der Waals surface area contributed by atoms with Gasteiger partial charge in [-0.05, 0) is 101 Å². The van der Waals surface area contributed by atoms with Gasteiger partial charge in [-0.15, -0.1) is 0 Å². The fraction of sp³-hybridized carbons (Fsp3) is 0.255. The average Bonchev–Trinajstić information content (AvgIpc) is 3.90. The zero-order chi connectivity index (χ0) is 35.2. The van der Waals surface area contributed by atoms with Gasteiger partial charge in [0.1, 0.15) is 0 Å². The standard InChI is InChI=1S/C51H47N/c1-5-16-37-33(2)50(3,4)47-31-35(27-29-42(37)47)52(49-26-14-11-19-38(49)34-17-7-6-8-18-34)36-28-30-43-40-21-10-13-24-45(40)51(48(43)32-36)44-23-12-9-20-39(44)41-22-15-25-46(41)51/h5-24,26-31,36,41,43,46,48H,25,32H2,1-4H3/b16-5-. The fourth-order valence-corrected chi connectivity index (χ4v) is 11.4. The Morgan fingerprint density at radius 1 is 0.654 bits per heavy atom. The summed E-state index contributed by atoms with van der Waals surface area (Å²) in [5, 5.41) is 0. The van der Waals surface area contributed by atoms with Crippen molar-refractivity contribution in [1.82, 2.24) is 0 Å². The van der Waals surface area contributed by atoms with Crippen LogP contribution in [0.15, 0.2) is 163 Å². The number of hydrogen-bond acceptors (Lipinski definition) is 1. The summed E-state index contributed by atoms with van der Waals surface area (Å²) < 4.78 is 0. The number of benzene rings is 5. The molecule has 0 aromatic heterocycles. The van der Waals surface area contributed by atoms with Crippen molar-refractivity contribution < 1.29 is 0 Å². The molecule has 6 atom stereocenters. The minimum Gasteiger partial charge on any atom is -0.334 e. The van der Waals surface area contributed by atoms with E-state index in [1.165, 1.54) is 50.3 Å². The summed E-state index contributed by atoms with van der Waals surface area (Å²) in [6.45, 7) is 9.25. The molecule has 0 aliphatic heterocycles. The second-order valence-electron chi connectivity index (χ2n) is 16.3. The van der Waals surface area contributed by atoms with Crippen LogP contribution in [0.3, 0.4) is 0 Å². The molecule has 10 rings (SSSR count). The molecule has 5 aliphatic carbocycles.